The fraction of sp³-hybridized carbons (Fsp3) is 0.722. The molecule has 1 atom stereocenters. The van der Waals surface area contributed by atoms with Crippen molar-refractivity contribution < 1.29 is 19.2 Å². The maximum Gasteiger partial charge on any atom is 0.407 e. The molecule has 1 aliphatic heterocycles. The Labute approximate surface area is 158 Å². The van der Waals surface area contributed by atoms with Gasteiger partial charge in [0.25, 0.3) is 0 Å². The quantitative estimate of drug-likeness (QED) is 0.803. The lowest BCUT2D eigenvalue weighted by atomic mass is 9.84. The van der Waals surface area contributed by atoms with Gasteiger partial charge >= 0.3 is 6.09 Å². The summed E-state index contributed by atoms with van der Waals surface area (Å²) in [4.78, 5) is 25.6. The molecule has 8 heteroatoms. The molecular weight excluding hydrogens is 354 g/mol. The predicted octanol–water partition coefficient (Wildman–Crippen LogP) is 3.81. The Morgan fingerprint density at radius 1 is 1.35 bits per heavy atom. The Bertz CT molecular complexity index is 647. The Morgan fingerprint density at radius 3 is 2.42 bits per heavy atom. The number of hydrogen-bond acceptors (Lipinski definition) is 5. The number of anilines is 1. The van der Waals surface area contributed by atoms with Gasteiger partial charge in [-0.1, -0.05) is 32.9 Å². The monoisotopic (exact) mass is 383 g/mol. The standard InChI is InChI=1S/C18H29N3O4S/c1-6-26-18(5,12-7-9-21(10-8-12)16(23)24)15(22)19-14-11-13(25-20-14)17(2,3)4/h11-12H,6-10H2,1-5H3,(H,23,24)(H,19,20,22). The molecule has 0 aromatic carbocycles. The van der Waals surface area contributed by atoms with Crippen LogP contribution in [0.3, 0.4) is 0 Å². The van der Waals surface area contributed by atoms with Gasteiger partial charge in [-0.05, 0) is 31.4 Å². The summed E-state index contributed by atoms with van der Waals surface area (Å²) in [6.45, 7) is 11.0. The molecule has 1 aromatic heterocycles. The van der Waals surface area contributed by atoms with Crippen molar-refractivity contribution in [3.8, 4) is 0 Å². The van der Waals surface area contributed by atoms with E-state index in [1.54, 1.807) is 17.8 Å². The molecule has 0 aliphatic carbocycles. The molecule has 0 bridgehead atoms. The average Bonchev–Trinajstić information content (AvgIpc) is 3.04. The molecule has 7 nitrogen and oxygen atoms in total. The van der Waals surface area contributed by atoms with Gasteiger partial charge in [0.2, 0.25) is 5.91 Å². The summed E-state index contributed by atoms with van der Waals surface area (Å²) in [5.74, 6) is 1.94. The Hall–Kier alpha value is -1.70. The second-order valence-electron chi connectivity index (χ2n) is 7.86. The Morgan fingerprint density at radius 2 is 1.96 bits per heavy atom. The molecular formula is C18H29N3O4S. The molecule has 1 aliphatic rings. The molecule has 1 fully saturated rings. The van der Waals surface area contributed by atoms with E-state index in [1.165, 1.54) is 4.90 Å². The molecule has 0 radical (unpaired) electrons. The van der Waals surface area contributed by atoms with Crippen LogP contribution >= 0.6 is 11.8 Å². The molecule has 26 heavy (non-hydrogen) atoms. The van der Waals surface area contributed by atoms with E-state index in [-0.39, 0.29) is 17.2 Å². The zero-order valence-electron chi connectivity index (χ0n) is 16.2. The van der Waals surface area contributed by atoms with E-state index in [2.05, 4.69) is 10.5 Å². The number of hydrogen-bond donors (Lipinski definition) is 2. The fourth-order valence-corrected chi connectivity index (χ4v) is 4.47. The lowest BCUT2D eigenvalue weighted by molar-refractivity contribution is -0.119. The Kier molecular flexibility index (Phi) is 6.26. The minimum absolute atomic E-state index is 0.105. The van der Waals surface area contributed by atoms with Crippen LogP contribution in [0.15, 0.2) is 10.6 Å². The molecule has 2 heterocycles. The van der Waals surface area contributed by atoms with Gasteiger partial charge in [0.05, 0.1) is 4.75 Å². The molecule has 0 spiro atoms. The lowest BCUT2D eigenvalue weighted by Gasteiger charge is -2.40. The molecule has 2 N–H and O–H groups in total. The number of thioether (sulfide) groups is 1. The normalized spacial score (nSPS) is 18.4. The van der Waals surface area contributed by atoms with Gasteiger partial charge in [0, 0.05) is 24.6 Å². The number of aromatic nitrogens is 1. The highest BCUT2D eigenvalue weighted by molar-refractivity contribution is 8.01. The van der Waals surface area contributed by atoms with Gasteiger partial charge in [-0.3, -0.25) is 4.79 Å². The highest BCUT2D eigenvalue weighted by Crippen LogP contribution is 2.40. The highest BCUT2D eigenvalue weighted by Gasteiger charge is 2.43. The molecule has 2 rings (SSSR count). The molecule has 1 unspecified atom stereocenters. The summed E-state index contributed by atoms with van der Waals surface area (Å²) < 4.78 is 4.71. The number of carboxylic acid groups (broad SMARTS) is 1. The number of piperidine rings is 1. The predicted molar refractivity (Wildman–Crippen MR) is 103 cm³/mol. The van der Waals surface area contributed by atoms with Crippen LogP contribution in [-0.2, 0) is 10.2 Å². The van der Waals surface area contributed by atoms with Crippen LogP contribution in [0, 0.1) is 5.92 Å². The summed E-state index contributed by atoms with van der Waals surface area (Å²) in [5.41, 5.74) is -0.179. The SMILES string of the molecule is CCSC(C)(C(=O)Nc1cc(C(C)(C)C)on1)C1CCN(C(=O)O)CC1. The van der Waals surface area contributed by atoms with E-state index in [0.29, 0.717) is 37.5 Å². The summed E-state index contributed by atoms with van der Waals surface area (Å²) >= 11 is 1.60. The minimum Gasteiger partial charge on any atom is -0.465 e. The summed E-state index contributed by atoms with van der Waals surface area (Å²) in [5, 5.41) is 16.0. The zero-order valence-corrected chi connectivity index (χ0v) is 17.0. The van der Waals surface area contributed by atoms with Crippen molar-refractivity contribution in [3.05, 3.63) is 11.8 Å². The summed E-state index contributed by atoms with van der Waals surface area (Å²) in [6.07, 6.45) is 0.458. The average molecular weight is 384 g/mol. The topological polar surface area (TPSA) is 95.7 Å². The fourth-order valence-electron chi connectivity index (χ4n) is 3.22. The van der Waals surface area contributed by atoms with Crippen molar-refractivity contribution in [2.45, 2.75) is 57.6 Å². The van der Waals surface area contributed by atoms with Gasteiger partial charge in [0.1, 0.15) is 5.76 Å². The van der Waals surface area contributed by atoms with Crippen molar-refractivity contribution >= 4 is 29.6 Å². The van der Waals surface area contributed by atoms with E-state index in [4.69, 9.17) is 9.63 Å². The van der Waals surface area contributed by atoms with Crippen LogP contribution in [0.25, 0.3) is 0 Å². The first-order chi connectivity index (χ1) is 12.1. The second kappa shape index (κ2) is 7.90. The third kappa shape index (κ3) is 4.52. The molecule has 2 amide bonds. The summed E-state index contributed by atoms with van der Waals surface area (Å²) in [7, 11) is 0. The van der Waals surface area contributed by atoms with Gasteiger partial charge in [-0.25, -0.2) is 4.79 Å². The number of amides is 2. The first-order valence-corrected chi connectivity index (χ1v) is 9.97. The first kappa shape index (κ1) is 20.6. The largest absolute Gasteiger partial charge is 0.465 e. The number of carbonyl (C=O) groups is 2. The van der Waals surface area contributed by atoms with E-state index < -0.39 is 10.8 Å². The van der Waals surface area contributed by atoms with Gasteiger partial charge in [-0.2, -0.15) is 0 Å². The third-order valence-corrected chi connectivity index (χ3v) is 6.34. The van der Waals surface area contributed by atoms with Crippen molar-refractivity contribution in [2.24, 2.45) is 5.92 Å². The number of nitrogens with one attached hydrogen (secondary N) is 1. The van der Waals surface area contributed by atoms with E-state index in [9.17, 15) is 9.59 Å². The smallest absolute Gasteiger partial charge is 0.407 e. The molecule has 1 saturated heterocycles. The summed E-state index contributed by atoms with van der Waals surface area (Å²) in [6, 6.07) is 1.77. The van der Waals surface area contributed by atoms with Crippen LogP contribution in [0.5, 0.6) is 0 Å². The van der Waals surface area contributed by atoms with Crippen LogP contribution in [-0.4, -0.2) is 50.8 Å². The van der Waals surface area contributed by atoms with Gasteiger partial charge in [0.15, 0.2) is 5.82 Å². The van der Waals surface area contributed by atoms with Crippen molar-refractivity contribution in [1.82, 2.24) is 10.1 Å². The molecule has 146 valence electrons. The van der Waals surface area contributed by atoms with Crippen LogP contribution in [0.4, 0.5) is 10.6 Å². The van der Waals surface area contributed by atoms with Crippen molar-refractivity contribution in [1.29, 1.82) is 0 Å². The van der Waals surface area contributed by atoms with E-state index in [0.717, 1.165) is 5.75 Å². The zero-order chi connectivity index (χ0) is 19.5. The molecule has 0 saturated carbocycles. The number of rotatable bonds is 5. The first-order valence-electron chi connectivity index (χ1n) is 8.98. The second-order valence-corrected chi connectivity index (χ2v) is 9.58. The highest BCUT2D eigenvalue weighted by atomic mass is 32.2. The third-order valence-electron chi connectivity index (χ3n) is 4.93. The van der Waals surface area contributed by atoms with Crippen molar-refractivity contribution in [3.63, 3.8) is 0 Å². The van der Waals surface area contributed by atoms with Gasteiger partial charge < -0.3 is 19.8 Å². The number of likely N-dealkylation sites (tertiary alicyclic amines) is 1. The Balaban J connectivity index is 2.11. The maximum absolute atomic E-state index is 13.1. The van der Waals surface area contributed by atoms with Crippen molar-refractivity contribution in [2.75, 3.05) is 24.2 Å². The lowest BCUT2D eigenvalue weighted by Crippen LogP contribution is -2.49. The maximum atomic E-state index is 13.1. The number of carbonyl (C=O) groups excluding carboxylic acids is 1. The van der Waals surface area contributed by atoms with Crippen LogP contribution in [0.2, 0.25) is 0 Å². The van der Waals surface area contributed by atoms with Crippen LogP contribution < -0.4 is 5.32 Å². The van der Waals surface area contributed by atoms with Gasteiger partial charge in [-0.15, -0.1) is 11.8 Å². The minimum atomic E-state index is -0.893. The number of nitrogens with zero attached hydrogens (tertiary/aromatic N) is 2. The van der Waals surface area contributed by atoms with Crippen LogP contribution in [0.1, 0.15) is 53.2 Å². The molecule has 1 aromatic rings. The van der Waals surface area contributed by atoms with E-state index in [1.807, 2.05) is 34.6 Å². The van der Waals surface area contributed by atoms with E-state index >= 15 is 0 Å².